The van der Waals surface area contributed by atoms with Crippen LogP contribution < -0.4 is 5.56 Å². The summed E-state index contributed by atoms with van der Waals surface area (Å²) in [6.07, 6.45) is 2.68. The number of ketones is 1. The van der Waals surface area contributed by atoms with Crippen LogP contribution in [0.1, 0.15) is 18.4 Å². The number of rotatable bonds is 8. The van der Waals surface area contributed by atoms with Gasteiger partial charge in [-0.2, -0.15) is 0 Å². The van der Waals surface area contributed by atoms with Crippen molar-refractivity contribution in [2.24, 2.45) is 0 Å². The van der Waals surface area contributed by atoms with Crippen molar-refractivity contribution in [1.29, 1.82) is 0 Å². The van der Waals surface area contributed by atoms with Gasteiger partial charge in [0.25, 0.3) is 5.56 Å². The number of Topliss-reactive ketones (excluding diaryl/α,β-unsaturated/α-hetero) is 1. The van der Waals surface area contributed by atoms with Crippen molar-refractivity contribution in [1.82, 2.24) is 4.57 Å². The minimum atomic E-state index is -0.913. The number of aryl methyl sites for hydroxylation is 2. The molecule has 1 aromatic rings. The lowest BCUT2D eigenvalue weighted by Gasteiger charge is -2.05. The SMILES string of the molecule is Cc1ccn(CCCC(=O)CSCC(=O)O)c(=O)c1. The van der Waals surface area contributed by atoms with Gasteiger partial charge in [0.15, 0.2) is 0 Å². The van der Waals surface area contributed by atoms with Crippen LogP contribution in [-0.4, -0.2) is 32.9 Å². The third-order valence-electron chi connectivity index (χ3n) is 2.49. The fourth-order valence-electron chi connectivity index (χ4n) is 1.56. The van der Waals surface area contributed by atoms with Gasteiger partial charge in [-0.1, -0.05) is 0 Å². The van der Waals surface area contributed by atoms with Crippen molar-refractivity contribution in [2.75, 3.05) is 11.5 Å². The van der Waals surface area contributed by atoms with Crippen LogP contribution in [-0.2, 0) is 16.1 Å². The smallest absolute Gasteiger partial charge is 0.313 e. The molecule has 19 heavy (non-hydrogen) atoms. The molecule has 0 bridgehead atoms. The summed E-state index contributed by atoms with van der Waals surface area (Å²) >= 11 is 1.10. The van der Waals surface area contributed by atoms with Crippen LogP contribution in [0.2, 0.25) is 0 Å². The monoisotopic (exact) mass is 283 g/mol. The number of thioether (sulfide) groups is 1. The lowest BCUT2D eigenvalue weighted by molar-refractivity contribution is -0.133. The molecule has 0 unspecified atom stereocenters. The van der Waals surface area contributed by atoms with Crippen LogP contribution >= 0.6 is 11.8 Å². The topological polar surface area (TPSA) is 76.4 Å². The van der Waals surface area contributed by atoms with E-state index in [-0.39, 0.29) is 22.8 Å². The van der Waals surface area contributed by atoms with Gasteiger partial charge in [-0.15, -0.1) is 11.8 Å². The largest absolute Gasteiger partial charge is 0.481 e. The molecule has 0 aliphatic rings. The molecule has 0 spiro atoms. The Morgan fingerprint density at radius 3 is 2.74 bits per heavy atom. The molecule has 0 saturated carbocycles. The number of hydrogen-bond donors (Lipinski definition) is 1. The maximum Gasteiger partial charge on any atom is 0.313 e. The summed E-state index contributed by atoms with van der Waals surface area (Å²) in [5, 5.41) is 8.43. The second-order valence-corrected chi connectivity index (χ2v) is 5.25. The van der Waals surface area contributed by atoms with E-state index in [4.69, 9.17) is 5.11 Å². The van der Waals surface area contributed by atoms with Crippen LogP contribution in [0.5, 0.6) is 0 Å². The normalized spacial score (nSPS) is 10.4. The van der Waals surface area contributed by atoms with Crippen molar-refractivity contribution < 1.29 is 14.7 Å². The molecule has 0 saturated heterocycles. The Hall–Kier alpha value is -1.56. The molecule has 0 aliphatic carbocycles. The zero-order valence-corrected chi connectivity index (χ0v) is 11.6. The average molecular weight is 283 g/mol. The first-order valence-electron chi connectivity index (χ1n) is 5.97. The van der Waals surface area contributed by atoms with Gasteiger partial charge in [-0.25, -0.2) is 0 Å². The lowest BCUT2D eigenvalue weighted by Crippen LogP contribution is -2.19. The summed E-state index contributed by atoms with van der Waals surface area (Å²) in [7, 11) is 0. The molecule has 0 atom stereocenters. The Bertz CT molecular complexity index is 510. The number of carboxylic acid groups (broad SMARTS) is 1. The van der Waals surface area contributed by atoms with E-state index in [0.29, 0.717) is 19.4 Å². The van der Waals surface area contributed by atoms with Gasteiger partial charge in [0.05, 0.1) is 11.5 Å². The molecule has 1 aromatic heterocycles. The minimum absolute atomic E-state index is 0.0198. The molecular formula is C13H17NO4S. The predicted octanol–water partition coefficient (Wildman–Crippen LogP) is 1.32. The third kappa shape index (κ3) is 6.24. The zero-order valence-electron chi connectivity index (χ0n) is 10.8. The Morgan fingerprint density at radius 2 is 2.11 bits per heavy atom. The number of carbonyl (C=O) groups excluding carboxylic acids is 1. The van der Waals surface area contributed by atoms with E-state index >= 15 is 0 Å². The highest BCUT2D eigenvalue weighted by Crippen LogP contribution is 2.04. The second kappa shape index (κ2) is 7.78. The van der Waals surface area contributed by atoms with E-state index in [9.17, 15) is 14.4 Å². The van der Waals surface area contributed by atoms with Crippen LogP contribution in [0.25, 0.3) is 0 Å². The second-order valence-electron chi connectivity index (χ2n) is 4.26. The molecule has 6 heteroatoms. The van der Waals surface area contributed by atoms with E-state index in [1.165, 1.54) is 0 Å². The summed E-state index contributed by atoms with van der Waals surface area (Å²) in [4.78, 5) is 33.3. The first-order valence-corrected chi connectivity index (χ1v) is 7.13. The molecule has 104 valence electrons. The molecule has 1 rings (SSSR count). The van der Waals surface area contributed by atoms with Gasteiger partial charge in [0.2, 0.25) is 0 Å². The van der Waals surface area contributed by atoms with E-state index in [2.05, 4.69) is 0 Å². The number of hydrogen-bond acceptors (Lipinski definition) is 4. The molecule has 1 heterocycles. The van der Waals surface area contributed by atoms with Crippen molar-refractivity contribution >= 4 is 23.5 Å². The summed E-state index contributed by atoms with van der Waals surface area (Å²) in [6.45, 7) is 2.36. The molecule has 0 fully saturated rings. The molecule has 0 radical (unpaired) electrons. The van der Waals surface area contributed by atoms with Crippen molar-refractivity contribution in [3.8, 4) is 0 Å². The summed E-state index contributed by atoms with van der Waals surface area (Å²) in [6, 6.07) is 3.41. The quantitative estimate of drug-likeness (QED) is 0.778. The Balaban J connectivity index is 2.28. The molecule has 5 nitrogen and oxygen atoms in total. The fourth-order valence-corrected chi connectivity index (χ4v) is 2.21. The maximum absolute atomic E-state index is 11.6. The number of pyridine rings is 1. The number of carboxylic acids is 1. The van der Waals surface area contributed by atoms with Gasteiger partial charge in [-0.05, 0) is 25.0 Å². The van der Waals surface area contributed by atoms with Crippen molar-refractivity contribution in [3.05, 3.63) is 34.2 Å². The number of aliphatic carboxylic acids is 1. The summed E-state index contributed by atoms with van der Waals surface area (Å²) in [5.74, 6) is -0.728. The standard InChI is InChI=1S/C13H17NO4S/c1-10-4-6-14(12(16)7-10)5-2-3-11(15)8-19-9-13(17)18/h4,6-7H,2-3,5,8-9H2,1H3,(H,17,18). The van der Waals surface area contributed by atoms with E-state index in [1.807, 2.05) is 13.0 Å². The van der Waals surface area contributed by atoms with Gasteiger partial charge in [0, 0.05) is 25.2 Å². The third-order valence-corrected chi connectivity index (χ3v) is 3.47. The van der Waals surface area contributed by atoms with E-state index in [0.717, 1.165) is 17.3 Å². The average Bonchev–Trinajstić information content (AvgIpc) is 2.31. The van der Waals surface area contributed by atoms with Crippen LogP contribution in [0.4, 0.5) is 0 Å². The molecule has 0 amide bonds. The first-order chi connectivity index (χ1) is 8.99. The van der Waals surface area contributed by atoms with Crippen LogP contribution in [0, 0.1) is 6.92 Å². The van der Waals surface area contributed by atoms with Crippen LogP contribution in [0.15, 0.2) is 23.1 Å². The maximum atomic E-state index is 11.6. The van der Waals surface area contributed by atoms with Crippen molar-refractivity contribution in [2.45, 2.75) is 26.3 Å². The van der Waals surface area contributed by atoms with E-state index in [1.54, 1.807) is 16.8 Å². The summed E-state index contributed by atoms with van der Waals surface area (Å²) in [5.41, 5.74) is 0.857. The number of nitrogens with zero attached hydrogens (tertiary/aromatic N) is 1. The molecular weight excluding hydrogens is 266 g/mol. The fraction of sp³-hybridized carbons (Fsp3) is 0.462. The van der Waals surface area contributed by atoms with Gasteiger partial charge in [-0.3, -0.25) is 14.4 Å². The predicted molar refractivity (Wildman–Crippen MR) is 74.6 cm³/mol. The Kier molecular flexibility index (Phi) is 6.35. The highest BCUT2D eigenvalue weighted by atomic mass is 32.2. The summed E-state index contributed by atoms with van der Waals surface area (Å²) < 4.78 is 1.57. The van der Waals surface area contributed by atoms with Gasteiger partial charge < -0.3 is 9.67 Å². The number of aromatic nitrogens is 1. The first kappa shape index (κ1) is 15.5. The highest BCUT2D eigenvalue weighted by molar-refractivity contribution is 8.00. The van der Waals surface area contributed by atoms with Gasteiger partial charge in [0.1, 0.15) is 5.78 Å². The Morgan fingerprint density at radius 1 is 1.37 bits per heavy atom. The number of carbonyl (C=O) groups is 2. The van der Waals surface area contributed by atoms with E-state index < -0.39 is 5.97 Å². The molecule has 1 N–H and O–H groups in total. The molecule has 0 aromatic carbocycles. The molecule has 0 aliphatic heterocycles. The van der Waals surface area contributed by atoms with Crippen molar-refractivity contribution in [3.63, 3.8) is 0 Å². The van der Waals surface area contributed by atoms with Gasteiger partial charge >= 0.3 is 5.97 Å². The Labute approximate surface area is 115 Å². The minimum Gasteiger partial charge on any atom is -0.481 e. The zero-order chi connectivity index (χ0) is 14.3. The lowest BCUT2D eigenvalue weighted by atomic mass is 10.2. The highest BCUT2D eigenvalue weighted by Gasteiger charge is 2.05. The van der Waals surface area contributed by atoms with Crippen LogP contribution in [0.3, 0.4) is 0 Å².